The summed E-state index contributed by atoms with van der Waals surface area (Å²) in [5.41, 5.74) is 2.03. The summed E-state index contributed by atoms with van der Waals surface area (Å²) < 4.78 is 1.47. The van der Waals surface area contributed by atoms with Crippen molar-refractivity contribution in [1.29, 1.82) is 0 Å². The molecule has 0 aliphatic carbocycles. The first-order valence-electron chi connectivity index (χ1n) is 5.78. The summed E-state index contributed by atoms with van der Waals surface area (Å²) >= 11 is 0. The molecule has 4 nitrogen and oxygen atoms in total. The summed E-state index contributed by atoms with van der Waals surface area (Å²) in [6.07, 6.45) is 5.27. The maximum Gasteiger partial charge on any atom is 0.336 e. The fourth-order valence-corrected chi connectivity index (χ4v) is 2.36. The van der Waals surface area contributed by atoms with Crippen molar-refractivity contribution in [2.45, 2.75) is 20.4 Å². The Bertz CT molecular complexity index is 779. The van der Waals surface area contributed by atoms with Crippen molar-refractivity contribution < 1.29 is 9.90 Å². The van der Waals surface area contributed by atoms with Gasteiger partial charge in [0.1, 0.15) is 0 Å². The Labute approximate surface area is 110 Å². The monoisotopic (exact) mass is 255 g/mol. The van der Waals surface area contributed by atoms with Crippen molar-refractivity contribution >= 4 is 16.9 Å². The van der Waals surface area contributed by atoms with Crippen molar-refractivity contribution in [3.8, 4) is 12.3 Å². The molecule has 0 saturated carbocycles. The molecule has 1 aromatic carbocycles. The molecule has 2 aromatic rings. The van der Waals surface area contributed by atoms with Gasteiger partial charge in [0.15, 0.2) is 0 Å². The molecule has 0 unspecified atom stereocenters. The molecule has 0 fully saturated rings. The standard InChI is InChI=1S/C15H13NO3/c1-4-7-16-12-8-9(2)14(15(18)19)10(3)11(12)5-6-13(16)17/h1,5-6,8H,7H2,2-3H3,(H,18,19). The van der Waals surface area contributed by atoms with Crippen LogP contribution in [-0.2, 0) is 6.54 Å². The number of benzene rings is 1. The molecule has 0 radical (unpaired) electrons. The minimum atomic E-state index is -0.966. The fraction of sp³-hybridized carbons (Fsp3) is 0.200. The minimum Gasteiger partial charge on any atom is -0.478 e. The zero-order chi connectivity index (χ0) is 14.2. The molecular formula is C15H13NO3. The van der Waals surface area contributed by atoms with E-state index in [1.54, 1.807) is 26.0 Å². The summed E-state index contributed by atoms with van der Waals surface area (Å²) in [7, 11) is 0. The Kier molecular flexibility index (Phi) is 3.14. The van der Waals surface area contributed by atoms with E-state index in [1.165, 1.54) is 10.6 Å². The summed E-state index contributed by atoms with van der Waals surface area (Å²) in [6.45, 7) is 3.62. The molecule has 2 rings (SSSR count). The van der Waals surface area contributed by atoms with Crippen molar-refractivity contribution in [2.75, 3.05) is 0 Å². The first-order chi connectivity index (χ1) is 8.97. The predicted octanol–water partition coefficient (Wildman–Crippen LogP) is 1.95. The van der Waals surface area contributed by atoms with Gasteiger partial charge in [-0.25, -0.2) is 4.79 Å². The zero-order valence-electron chi connectivity index (χ0n) is 10.7. The van der Waals surface area contributed by atoms with Crippen LogP contribution in [0.2, 0.25) is 0 Å². The number of rotatable bonds is 2. The summed E-state index contributed by atoms with van der Waals surface area (Å²) in [5.74, 6) is 1.47. The van der Waals surface area contributed by atoms with Crippen LogP contribution in [0.15, 0.2) is 23.0 Å². The molecule has 0 amide bonds. The van der Waals surface area contributed by atoms with Crippen LogP contribution in [0.1, 0.15) is 21.5 Å². The number of nitrogens with zero attached hydrogens (tertiary/aromatic N) is 1. The third-order valence-electron chi connectivity index (χ3n) is 3.22. The predicted molar refractivity (Wildman–Crippen MR) is 73.5 cm³/mol. The van der Waals surface area contributed by atoms with Gasteiger partial charge in [-0.05, 0) is 37.1 Å². The lowest BCUT2D eigenvalue weighted by atomic mass is 9.98. The summed E-state index contributed by atoms with van der Waals surface area (Å²) in [5, 5.41) is 9.97. The van der Waals surface area contributed by atoms with Gasteiger partial charge < -0.3 is 5.11 Å². The van der Waals surface area contributed by atoms with Crippen LogP contribution in [0.25, 0.3) is 10.9 Å². The largest absolute Gasteiger partial charge is 0.478 e. The van der Waals surface area contributed by atoms with Crippen LogP contribution in [0, 0.1) is 26.2 Å². The molecule has 0 spiro atoms. The van der Waals surface area contributed by atoms with E-state index in [0.717, 1.165) is 5.39 Å². The van der Waals surface area contributed by atoms with Gasteiger partial charge in [-0.3, -0.25) is 9.36 Å². The average molecular weight is 255 g/mol. The third kappa shape index (κ3) is 2.00. The van der Waals surface area contributed by atoms with Crippen LogP contribution >= 0.6 is 0 Å². The second-order valence-corrected chi connectivity index (χ2v) is 4.39. The molecule has 0 bridgehead atoms. The lowest BCUT2D eigenvalue weighted by molar-refractivity contribution is 0.0695. The summed E-state index contributed by atoms with van der Waals surface area (Å²) in [4.78, 5) is 23.1. The quantitative estimate of drug-likeness (QED) is 0.834. The number of hydrogen-bond acceptors (Lipinski definition) is 2. The van der Waals surface area contributed by atoms with E-state index in [2.05, 4.69) is 5.92 Å². The summed E-state index contributed by atoms with van der Waals surface area (Å²) in [6, 6.07) is 4.75. The molecule has 96 valence electrons. The molecule has 0 aliphatic heterocycles. The molecule has 0 aliphatic rings. The Morgan fingerprint density at radius 2 is 2.11 bits per heavy atom. The molecule has 1 heterocycles. The molecule has 1 N–H and O–H groups in total. The van der Waals surface area contributed by atoms with E-state index in [4.69, 9.17) is 6.42 Å². The Balaban J connectivity index is 2.96. The minimum absolute atomic E-state index is 0.168. The van der Waals surface area contributed by atoms with Gasteiger partial charge in [-0.2, -0.15) is 0 Å². The van der Waals surface area contributed by atoms with Gasteiger partial charge >= 0.3 is 5.97 Å². The molecule has 19 heavy (non-hydrogen) atoms. The smallest absolute Gasteiger partial charge is 0.336 e. The zero-order valence-corrected chi connectivity index (χ0v) is 10.7. The van der Waals surface area contributed by atoms with Gasteiger partial charge in [0.25, 0.3) is 5.56 Å². The highest BCUT2D eigenvalue weighted by atomic mass is 16.4. The molecular weight excluding hydrogens is 242 g/mol. The van der Waals surface area contributed by atoms with E-state index >= 15 is 0 Å². The van der Waals surface area contributed by atoms with Crippen molar-refractivity contribution in [2.24, 2.45) is 0 Å². The topological polar surface area (TPSA) is 59.3 Å². The normalized spacial score (nSPS) is 10.4. The highest BCUT2D eigenvalue weighted by Gasteiger charge is 2.15. The fourth-order valence-electron chi connectivity index (χ4n) is 2.36. The number of carboxylic acids is 1. The van der Waals surface area contributed by atoms with Crippen molar-refractivity contribution in [3.63, 3.8) is 0 Å². The van der Waals surface area contributed by atoms with Gasteiger partial charge in [0.05, 0.1) is 17.6 Å². The van der Waals surface area contributed by atoms with E-state index in [0.29, 0.717) is 16.6 Å². The first-order valence-corrected chi connectivity index (χ1v) is 5.78. The van der Waals surface area contributed by atoms with Gasteiger partial charge in [0, 0.05) is 11.5 Å². The van der Waals surface area contributed by atoms with Crippen molar-refractivity contribution in [1.82, 2.24) is 4.57 Å². The Morgan fingerprint density at radius 3 is 2.68 bits per heavy atom. The Hall–Kier alpha value is -2.54. The van der Waals surface area contributed by atoms with Gasteiger partial charge in [0.2, 0.25) is 0 Å². The molecule has 0 atom stereocenters. The van der Waals surface area contributed by atoms with E-state index < -0.39 is 5.97 Å². The van der Waals surface area contributed by atoms with E-state index in [-0.39, 0.29) is 17.7 Å². The maximum absolute atomic E-state index is 11.8. The maximum atomic E-state index is 11.8. The van der Waals surface area contributed by atoms with Crippen molar-refractivity contribution in [3.05, 3.63) is 45.2 Å². The number of pyridine rings is 1. The Morgan fingerprint density at radius 1 is 1.42 bits per heavy atom. The van der Waals surface area contributed by atoms with Crippen LogP contribution in [0.5, 0.6) is 0 Å². The number of terminal acetylenes is 1. The number of aromatic nitrogens is 1. The molecule has 0 saturated heterocycles. The van der Waals surface area contributed by atoms with Crippen LogP contribution in [0.4, 0.5) is 0 Å². The number of carbonyl (C=O) groups is 1. The number of hydrogen-bond donors (Lipinski definition) is 1. The van der Waals surface area contributed by atoms with Gasteiger partial charge in [-0.1, -0.05) is 5.92 Å². The van der Waals surface area contributed by atoms with Crippen LogP contribution in [0.3, 0.4) is 0 Å². The third-order valence-corrected chi connectivity index (χ3v) is 3.22. The number of carboxylic acid groups (broad SMARTS) is 1. The highest BCUT2D eigenvalue weighted by molar-refractivity contribution is 5.98. The first kappa shape index (κ1) is 12.9. The lowest BCUT2D eigenvalue weighted by Crippen LogP contribution is -2.19. The van der Waals surface area contributed by atoms with E-state index in [9.17, 15) is 14.7 Å². The number of aryl methyl sites for hydroxylation is 2. The van der Waals surface area contributed by atoms with Crippen LogP contribution in [-0.4, -0.2) is 15.6 Å². The average Bonchev–Trinajstić information content (AvgIpc) is 2.32. The van der Waals surface area contributed by atoms with Gasteiger partial charge in [-0.15, -0.1) is 6.42 Å². The van der Waals surface area contributed by atoms with Crippen LogP contribution < -0.4 is 5.56 Å². The number of aromatic carboxylic acids is 1. The second kappa shape index (κ2) is 4.62. The van der Waals surface area contributed by atoms with E-state index in [1.807, 2.05) is 0 Å². The molecule has 1 aromatic heterocycles. The second-order valence-electron chi connectivity index (χ2n) is 4.39. The highest BCUT2D eigenvalue weighted by Crippen LogP contribution is 2.24. The number of fused-ring (bicyclic) bond motifs is 1. The lowest BCUT2D eigenvalue weighted by Gasteiger charge is -2.13. The molecule has 4 heteroatoms. The SMILES string of the molecule is C#CCn1c(=O)ccc2c(C)c(C(=O)O)c(C)cc21.